The molecule has 1 fully saturated rings. The third-order valence-electron chi connectivity index (χ3n) is 3.85. The second-order valence-electron chi connectivity index (χ2n) is 5.65. The zero-order chi connectivity index (χ0) is 18.0. The van der Waals surface area contributed by atoms with E-state index in [2.05, 4.69) is 31.2 Å². The summed E-state index contributed by atoms with van der Waals surface area (Å²) in [6.07, 6.45) is -0.470. The largest absolute Gasteiger partial charge is 0.356 e. The normalized spacial score (nSPS) is 16.6. The quantitative estimate of drug-likeness (QED) is 0.774. The molecule has 1 aliphatic heterocycles. The second kappa shape index (κ2) is 6.99. The molecule has 0 radical (unpaired) electrons. The van der Waals surface area contributed by atoms with Crippen molar-refractivity contribution in [1.29, 1.82) is 0 Å². The highest BCUT2D eigenvalue weighted by atomic mass is 79.9. The number of alkyl halides is 2. The van der Waals surface area contributed by atoms with E-state index in [1.54, 1.807) is 23.1 Å². The van der Waals surface area contributed by atoms with Crippen LogP contribution in [0, 0.1) is 5.95 Å². The molecule has 9 heteroatoms. The summed E-state index contributed by atoms with van der Waals surface area (Å²) in [6, 6.07) is 7.64. The zero-order valence-electron chi connectivity index (χ0n) is 13.0. The van der Waals surface area contributed by atoms with E-state index in [1.807, 2.05) is 0 Å². The van der Waals surface area contributed by atoms with E-state index in [9.17, 15) is 18.0 Å². The van der Waals surface area contributed by atoms with Crippen LogP contribution in [0.4, 0.5) is 24.8 Å². The summed E-state index contributed by atoms with van der Waals surface area (Å²) in [4.78, 5) is 21.7. The van der Waals surface area contributed by atoms with Gasteiger partial charge in [-0.05, 0) is 40.2 Å². The highest BCUT2D eigenvalue weighted by Gasteiger charge is 2.34. The SMILES string of the molecule is O=C(Nc1cccc(N2CCC(F)(F)CC2)n1)c1ccc(Br)nc1F. The Labute approximate surface area is 150 Å². The molecule has 0 bridgehead atoms. The van der Waals surface area contributed by atoms with Crippen molar-refractivity contribution in [2.24, 2.45) is 0 Å². The number of anilines is 2. The lowest BCUT2D eigenvalue weighted by atomic mass is 10.1. The monoisotopic (exact) mass is 414 g/mol. The number of piperidine rings is 1. The average molecular weight is 415 g/mol. The van der Waals surface area contributed by atoms with E-state index in [1.165, 1.54) is 12.1 Å². The second-order valence-corrected chi connectivity index (χ2v) is 6.46. The Morgan fingerprint density at radius 3 is 2.56 bits per heavy atom. The van der Waals surface area contributed by atoms with Gasteiger partial charge in [-0.15, -0.1) is 0 Å². The summed E-state index contributed by atoms with van der Waals surface area (Å²) < 4.78 is 40.5. The van der Waals surface area contributed by atoms with Crippen LogP contribution in [0.15, 0.2) is 34.9 Å². The van der Waals surface area contributed by atoms with Gasteiger partial charge in [0.15, 0.2) is 0 Å². The Kier molecular flexibility index (Phi) is 4.94. The number of pyridine rings is 2. The summed E-state index contributed by atoms with van der Waals surface area (Å²) in [7, 11) is 0. The lowest BCUT2D eigenvalue weighted by Gasteiger charge is -2.32. The van der Waals surface area contributed by atoms with Gasteiger partial charge in [-0.25, -0.2) is 18.7 Å². The third-order valence-corrected chi connectivity index (χ3v) is 4.30. The van der Waals surface area contributed by atoms with Crippen LogP contribution in [0.5, 0.6) is 0 Å². The van der Waals surface area contributed by atoms with Crippen LogP contribution in [0.1, 0.15) is 23.2 Å². The first kappa shape index (κ1) is 17.7. The van der Waals surface area contributed by atoms with Crippen LogP contribution in [-0.4, -0.2) is 34.9 Å². The Bertz CT molecular complexity index is 793. The Morgan fingerprint density at radius 1 is 1.16 bits per heavy atom. The minimum absolute atomic E-state index is 0.183. The number of rotatable bonds is 3. The molecule has 1 amide bonds. The third kappa shape index (κ3) is 4.28. The first-order valence-corrected chi connectivity index (χ1v) is 8.37. The molecule has 0 saturated carbocycles. The number of hydrogen-bond donors (Lipinski definition) is 1. The van der Waals surface area contributed by atoms with Crippen LogP contribution in [0.2, 0.25) is 0 Å². The van der Waals surface area contributed by atoms with Gasteiger partial charge in [0.2, 0.25) is 5.95 Å². The average Bonchev–Trinajstić information content (AvgIpc) is 2.55. The Balaban J connectivity index is 1.72. The van der Waals surface area contributed by atoms with Crippen LogP contribution in [0.3, 0.4) is 0 Å². The zero-order valence-corrected chi connectivity index (χ0v) is 14.6. The first-order chi connectivity index (χ1) is 11.8. The number of halogens is 4. The maximum Gasteiger partial charge on any atom is 0.261 e. The number of amides is 1. The molecule has 0 spiro atoms. The van der Waals surface area contributed by atoms with Gasteiger partial charge in [0.25, 0.3) is 11.8 Å². The number of carbonyl (C=O) groups excluding carboxylic acids is 1. The summed E-state index contributed by atoms with van der Waals surface area (Å²) in [5.74, 6) is -3.53. The fourth-order valence-corrected chi connectivity index (χ4v) is 2.78. The highest BCUT2D eigenvalue weighted by Crippen LogP contribution is 2.30. The molecule has 2 aromatic rings. The van der Waals surface area contributed by atoms with E-state index >= 15 is 0 Å². The topological polar surface area (TPSA) is 58.1 Å². The van der Waals surface area contributed by atoms with Crippen LogP contribution in [0.25, 0.3) is 0 Å². The smallest absolute Gasteiger partial charge is 0.261 e. The Hall–Kier alpha value is -2.16. The molecule has 1 N–H and O–H groups in total. The van der Waals surface area contributed by atoms with Gasteiger partial charge in [-0.2, -0.15) is 4.39 Å². The number of nitrogens with zero attached hydrogens (tertiary/aromatic N) is 3. The molecule has 0 unspecified atom stereocenters. The van der Waals surface area contributed by atoms with Crippen molar-refractivity contribution in [3.8, 4) is 0 Å². The first-order valence-electron chi connectivity index (χ1n) is 7.57. The molecule has 0 atom stereocenters. The summed E-state index contributed by atoms with van der Waals surface area (Å²) in [6.45, 7) is 0.366. The van der Waals surface area contributed by atoms with Crippen molar-refractivity contribution >= 4 is 33.5 Å². The maximum atomic E-state index is 13.7. The molecule has 1 aliphatic rings. The molecule has 3 heterocycles. The van der Waals surface area contributed by atoms with Gasteiger partial charge in [-0.3, -0.25) is 4.79 Å². The molecule has 0 aliphatic carbocycles. The van der Waals surface area contributed by atoms with E-state index < -0.39 is 17.8 Å². The van der Waals surface area contributed by atoms with Crippen molar-refractivity contribution in [2.45, 2.75) is 18.8 Å². The predicted octanol–water partition coefficient (Wildman–Crippen LogP) is 3.87. The van der Waals surface area contributed by atoms with E-state index in [4.69, 9.17) is 0 Å². The number of carbonyl (C=O) groups is 1. The molecule has 132 valence electrons. The van der Waals surface area contributed by atoms with Crippen molar-refractivity contribution in [3.05, 3.63) is 46.4 Å². The lowest BCUT2D eigenvalue weighted by Crippen LogP contribution is -2.39. The number of nitrogens with one attached hydrogen (secondary N) is 1. The van der Waals surface area contributed by atoms with Gasteiger partial charge >= 0.3 is 0 Å². The molecule has 1 saturated heterocycles. The fourth-order valence-electron chi connectivity index (χ4n) is 2.50. The predicted molar refractivity (Wildman–Crippen MR) is 90.5 cm³/mol. The summed E-state index contributed by atoms with van der Waals surface area (Å²) >= 11 is 3.02. The number of aromatic nitrogens is 2. The molecule has 25 heavy (non-hydrogen) atoms. The molecule has 0 aromatic carbocycles. The van der Waals surface area contributed by atoms with E-state index in [-0.39, 0.29) is 41.9 Å². The van der Waals surface area contributed by atoms with Crippen molar-refractivity contribution in [1.82, 2.24) is 9.97 Å². The van der Waals surface area contributed by atoms with Crippen LogP contribution in [-0.2, 0) is 0 Å². The molecular weight excluding hydrogens is 401 g/mol. The summed E-state index contributed by atoms with van der Waals surface area (Å²) in [5, 5.41) is 2.49. The maximum absolute atomic E-state index is 13.7. The van der Waals surface area contributed by atoms with Gasteiger partial charge in [0.05, 0.1) is 5.56 Å². The van der Waals surface area contributed by atoms with Crippen LogP contribution >= 0.6 is 15.9 Å². The lowest BCUT2D eigenvalue weighted by molar-refractivity contribution is -0.0221. The van der Waals surface area contributed by atoms with Gasteiger partial charge in [0.1, 0.15) is 16.2 Å². The van der Waals surface area contributed by atoms with Gasteiger partial charge in [-0.1, -0.05) is 6.07 Å². The van der Waals surface area contributed by atoms with Gasteiger partial charge < -0.3 is 10.2 Å². The van der Waals surface area contributed by atoms with Gasteiger partial charge in [0, 0.05) is 25.9 Å². The van der Waals surface area contributed by atoms with E-state index in [0.29, 0.717) is 5.82 Å². The highest BCUT2D eigenvalue weighted by molar-refractivity contribution is 9.10. The minimum Gasteiger partial charge on any atom is -0.356 e. The Morgan fingerprint density at radius 2 is 1.88 bits per heavy atom. The van der Waals surface area contributed by atoms with E-state index in [0.717, 1.165) is 0 Å². The fraction of sp³-hybridized carbons (Fsp3) is 0.312. The minimum atomic E-state index is -2.64. The molecular formula is C16H14BrF3N4O. The number of hydrogen-bond acceptors (Lipinski definition) is 4. The molecule has 5 nitrogen and oxygen atoms in total. The summed E-state index contributed by atoms with van der Waals surface area (Å²) in [5.41, 5.74) is -0.215. The molecule has 2 aromatic heterocycles. The van der Waals surface area contributed by atoms with Crippen molar-refractivity contribution in [2.75, 3.05) is 23.3 Å². The van der Waals surface area contributed by atoms with Crippen molar-refractivity contribution < 1.29 is 18.0 Å². The van der Waals surface area contributed by atoms with Crippen molar-refractivity contribution in [3.63, 3.8) is 0 Å². The molecule has 3 rings (SSSR count). The van der Waals surface area contributed by atoms with Crippen LogP contribution < -0.4 is 10.2 Å². The standard InChI is InChI=1S/C16H14BrF3N4O/c17-11-5-4-10(14(18)21-11)15(25)23-12-2-1-3-13(22-12)24-8-6-16(19,20)7-9-24/h1-5H,6-9H2,(H,22,23,25).